The first-order valence-corrected chi connectivity index (χ1v) is 10.2. The third-order valence-electron chi connectivity index (χ3n) is 5.96. The molecule has 0 unspecified atom stereocenters. The van der Waals surface area contributed by atoms with Crippen LogP contribution in [0.4, 0.5) is 5.82 Å². The van der Waals surface area contributed by atoms with Gasteiger partial charge < -0.3 is 9.64 Å². The third-order valence-corrected chi connectivity index (χ3v) is 7.18. The van der Waals surface area contributed by atoms with Gasteiger partial charge in [-0.2, -0.15) is 5.26 Å². The van der Waals surface area contributed by atoms with Crippen molar-refractivity contribution < 1.29 is 4.74 Å². The number of benzene rings is 1. The lowest BCUT2D eigenvalue weighted by atomic mass is 9.78. The van der Waals surface area contributed by atoms with Crippen molar-refractivity contribution >= 4 is 33.3 Å². The number of hydrogen-bond donors (Lipinski definition) is 0. The van der Waals surface area contributed by atoms with E-state index < -0.39 is 0 Å². The molecule has 1 saturated carbocycles. The number of halogens is 2. The lowest BCUT2D eigenvalue weighted by Gasteiger charge is -2.27. The topological polar surface area (TPSA) is 49.1 Å². The zero-order valence-electron chi connectivity index (χ0n) is 15.4. The molecule has 4 rings (SSSR count). The molecule has 1 aliphatic heterocycles. The van der Waals surface area contributed by atoms with E-state index in [-0.39, 0.29) is 10.8 Å². The van der Waals surface area contributed by atoms with Gasteiger partial charge in [0.25, 0.3) is 0 Å². The largest absolute Gasteiger partial charge is 0.497 e. The fourth-order valence-corrected chi connectivity index (χ4v) is 5.28. The van der Waals surface area contributed by atoms with E-state index in [0.29, 0.717) is 0 Å². The molecule has 2 heterocycles. The Kier molecular flexibility index (Phi) is 4.60. The summed E-state index contributed by atoms with van der Waals surface area (Å²) in [6.07, 6.45) is 4.45. The molecule has 27 heavy (non-hydrogen) atoms. The number of aromatic nitrogens is 1. The predicted molar refractivity (Wildman–Crippen MR) is 110 cm³/mol. The molecule has 1 fully saturated rings. The molecule has 2 aliphatic rings. The van der Waals surface area contributed by atoms with Crippen LogP contribution in [0.5, 0.6) is 5.75 Å². The van der Waals surface area contributed by atoms with Crippen LogP contribution >= 0.6 is 27.5 Å². The van der Waals surface area contributed by atoms with Crippen LogP contribution in [-0.2, 0) is 12.0 Å². The number of nitriles is 1. The molecule has 0 amide bonds. The first-order valence-electron chi connectivity index (χ1n) is 9.03. The lowest BCUT2D eigenvalue weighted by Crippen LogP contribution is -2.32. The number of anilines is 1. The highest BCUT2D eigenvalue weighted by Gasteiger charge is 2.53. The van der Waals surface area contributed by atoms with Gasteiger partial charge in [-0.3, -0.25) is 0 Å². The standard InChI is InChI=1S/C21H21BrClN3O/c1-20(12-24)7-8-21(11-20)13-26(10-14-3-5-15(27-2)6-4-14)19-17(21)18(23)16(22)9-25-19/h3-6,9H,7-8,10-11,13H2,1-2H3/t20-,21-/m0/s1. The van der Waals surface area contributed by atoms with E-state index in [4.69, 9.17) is 21.3 Å². The maximum Gasteiger partial charge on any atom is 0.134 e. The van der Waals surface area contributed by atoms with Gasteiger partial charge in [0.2, 0.25) is 0 Å². The van der Waals surface area contributed by atoms with Crippen LogP contribution in [0.2, 0.25) is 5.02 Å². The van der Waals surface area contributed by atoms with Crippen LogP contribution in [0.1, 0.15) is 37.3 Å². The van der Waals surface area contributed by atoms with Crippen LogP contribution < -0.4 is 9.64 Å². The van der Waals surface area contributed by atoms with Crippen LogP contribution in [-0.4, -0.2) is 18.6 Å². The van der Waals surface area contributed by atoms with Gasteiger partial charge in [0.1, 0.15) is 11.6 Å². The average Bonchev–Trinajstić information content (AvgIpc) is 3.17. The fourth-order valence-electron chi connectivity index (χ4n) is 4.65. The minimum atomic E-state index is -0.307. The molecule has 0 N–H and O–H groups in total. The van der Waals surface area contributed by atoms with Gasteiger partial charge in [-0.25, -0.2) is 4.98 Å². The molecular weight excluding hydrogens is 426 g/mol. The Morgan fingerprint density at radius 3 is 2.70 bits per heavy atom. The van der Waals surface area contributed by atoms with Crippen molar-refractivity contribution in [3.63, 3.8) is 0 Å². The number of nitrogens with zero attached hydrogens (tertiary/aromatic N) is 3. The number of ether oxygens (including phenoxy) is 1. The first-order chi connectivity index (χ1) is 12.9. The highest BCUT2D eigenvalue weighted by atomic mass is 79.9. The summed E-state index contributed by atoms with van der Waals surface area (Å²) in [6, 6.07) is 10.6. The van der Waals surface area contributed by atoms with Gasteiger partial charge >= 0.3 is 0 Å². The van der Waals surface area contributed by atoms with E-state index in [1.165, 1.54) is 5.56 Å². The summed E-state index contributed by atoms with van der Waals surface area (Å²) in [7, 11) is 1.67. The Hall–Kier alpha value is -1.77. The Bertz CT molecular complexity index is 926. The van der Waals surface area contributed by atoms with Crippen molar-refractivity contribution in [2.75, 3.05) is 18.6 Å². The van der Waals surface area contributed by atoms with Crippen LogP contribution in [0.15, 0.2) is 34.9 Å². The number of rotatable bonds is 3. The van der Waals surface area contributed by atoms with Crippen molar-refractivity contribution in [1.82, 2.24) is 4.98 Å². The summed E-state index contributed by atoms with van der Waals surface area (Å²) in [5.41, 5.74) is 1.88. The van der Waals surface area contributed by atoms with E-state index in [2.05, 4.69) is 46.0 Å². The van der Waals surface area contributed by atoms with Crippen molar-refractivity contribution in [2.24, 2.45) is 5.41 Å². The minimum Gasteiger partial charge on any atom is -0.497 e. The monoisotopic (exact) mass is 445 g/mol. The number of hydrogen-bond acceptors (Lipinski definition) is 4. The van der Waals surface area contributed by atoms with Gasteiger partial charge in [0, 0.05) is 30.3 Å². The zero-order valence-corrected chi connectivity index (χ0v) is 17.8. The molecule has 1 aliphatic carbocycles. The Balaban J connectivity index is 1.72. The maximum atomic E-state index is 9.66. The van der Waals surface area contributed by atoms with E-state index in [1.807, 2.05) is 12.1 Å². The van der Waals surface area contributed by atoms with E-state index in [1.54, 1.807) is 13.3 Å². The van der Waals surface area contributed by atoms with Crippen molar-refractivity contribution in [3.8, 4) is 11.8 Å². The molecule has 6 heteroatoms. The number of pyridine rings is 1. The van der Waals surface area contributed by atoms with Gasteiger partial charge in [-0.05, 0) is 59.8 Å². The van der Waals surface area contributed by atoms with E-state index >= 15 is 0 Å². The molecule has 0 saturated heterocycles. The quantitative estimate of drug-likeness (QED) is 0.626. The lowest BCUT2D eigenvalue weighted by molar-refractivity contribution is 0.395. The second kappa shape index (κ2) is 6.68. The second-order valence-corrected chi connectivity index (χ2v) is 9.18. The molecular formula is C21H21BrClN3O. The summed E-state index contributed by atoms with van der Waals surface area (Å²) in [5.74, 6) is 1.80. The molecule has 2 aromatic rings. The summed E-state index contributed by atoms with van der Waals surface area (Å²) in [4.78, 5) is 7.01. The normalized spacial score (nSPS) is 26.3. The van der Waals surface area contributed by atoms with Gasteiger partial charge in [-0.1, -0.05) is 23.7 Å². The number of fused-ring (bicyclic) bond motifs is 2. The van der Waals surface area contributed by atoms with Gasteiger partial charge in [0.05, 0.1) is 28.1 Å². The molecule has 1 aromatic heterocycles. The van der Waals surface area contributed by atoms with Crippen molar-refractivity contribution in [2.45, 2.75) is 38.1 Å². The Morgan fingerprint density at radius 1 is 1.33 bits per heavy atom. The van der Waals surface area contributed by atoms with Gasteiger partial charge in [0.15, 0.2) is 0 Å². The summed E-state index contributed by atoms with van der Waals surface area (Å²) in [5, 5.41) is 10.4. The summed E-state index contributed by atoms with van der Waals surface area (Å²) >= 11 is 10.3. The fraction of sp³-hybridized carbons (Fsp3) is 0.429. The molecule has 4 nitrogen and oxygen atoms in total. The molecule has 0 bridgehead atoms. The smallest absolute Gasteiger partial charge is 0.134 e. The van der Waals surface area contributed by atoms with Crippen LogP contribution in [0.25, 0.3) is 0 Å². The molecule has 0 radical (unpaired) electrons. The summed E-state index contributed by atoms with van der Waals surface area (Å²) in [6.45, 7) is 3.66. The number of methoxy groups -OCH3 is 1. The predicted octanol–water partition coefficient (Wildman–Crippen LogP) is 5.48. The molecule has 2 atom stereocenters. The maximum absolute atomic E-state index is 9.66. The zero-order chi connectivity index (χ0) is 19.2. The average molecular weight is 447 g/mol. The van der Waals surface area contributed by atoms with Crippen molar-refractivity contribution in [3.05, 3.63) is 51.1 Å². The van der Waals surface area contributed by atoms with E-state index in [9.17, 15) is 5.26 Å². The van der Waals surface area contributed by atoms with Crippen LogP contribution in [0.3, 0.4) is 0 Å². The highest BCUT2D eigenvalue weighted by Crippen LogP contribution is 2.58. The highest BCUT2D eigenvalue weighted by molar-refractivity contribution is 9.10. The van der Waals surface area contributed by atoms with Crippen LogP contribution in [0, 0.1) is 16.7 Å². The van der Waals surface area contributed by atoms with Gasteiger partial charge in [-0.15, -0.1) is 0 Å². The molecule has 1 spiro atoms. The molecule has 1 aromatic carbocycles. The third kappa shape index (κ3) is 3.09. The SMILES string of the molecule is COc1ccc(CN2C[C@@]3(CC[C@](C)(C#N)C3)c3c2ncc(Br)c3Cl)cc1. The first kappa shape index (κ1) is 18.6. The van der Waals surface area contributed by atoms with Crippen molar-refractivity contribution in [1.29, 1.82) is 5.26 Å². The molecule has 140 valence electrons. The second-order valence-electron chi connectivity index (χ2n) is 7.95. The Morgan fingerprint density at radius 2 is 2.07 bits per heavy atom. The minimum absolute atomic E-state index is 0.111. The summed E-state index contributed by atoms with van der Waals surface area (Å²) < 4.78 is 6.08. The van der Waals surface area contributed by atoms with E-state index in [0.717, 1.165) is 59.0 Å². The Labute approximate surface area is 173 Å².